The fraction of sp³-hybridized carbons (Fsp3) is 0.200. The van der Waals surface area contributed by atoms with Crippen molar-refractivity contribution in [2.75, 3.05) is 12.4 Å². The summed E-state index contributed by atoms with van der Waals surface area (Å²) >= 11 is 0. The molecule has 0 saturated heterocycles. The average molecular weight is 271 g/mol. The molecule has 0 spiro atoms. The molecular formula is C10H14BNO7. The van der Waals surface area contributed by atoms with Gasteiger partial charge in [-0.25, -0.2) is 9.59 Å². The van der Waals surface area contributed by atoms with Gasteiger partial charge in [-0.15, -0.1) is 0 Å². The lowest BCUT2D eigenvalue weighted by atomic mass is 10.0. The Hall–Kier alpha value is -2.10. The van der Waals surface area contributed by atoms with E-state index in [9.17, 15) is 9.59 Å². The van der Waals surface area contributed by atoms with Gasteiger partial charge in [0.25, 0.3) is 0 Å². The molecular weight excluding hydrogens is 257 g/mol. The highest BCUT2D eigenvalue weighted by Gasteiger charge is 2.20. The van der Waals surface area contributed by atoms with Gasteiger partial charge in [-0.1, -0.05) is 6.07 Å². The van der Waals surface area contributed by atoms with Crippen LogP contribution in [0.15, 0.2) is 12.1 Å². The Morgan fingerprint density at radius 1 is 1.11 bits per heavy atom. The topological polar surface area (TPSA) is 147 Å². The number of rotatable bonds is 3. The summed E-state index contributed by atoms with van der Waals surface area (Å²) in [5.74, 6) is -2.50. The first-order valence-electron chi connectivity index (χ1n) is 5.04. The van der Waals surface area contributed by atoms with E-state index in [1.54, 1.807) is 20.0 Å². The Labute approximate surface area is 109 Å². The van der Waals surface area contributed by atoms with Crippen molar-refractivity contribution in [1.82, 2.24) is 0 Å². The predicted molar refractivity (Wildman–Crippen MR) is 67.1 cm³/mol. The lowest BCUT2D eigenvalue weighted by molar-refractivity contribution is 0.0652. The molecule has 0 unspecified atom stereocenters. The minimum Gasteiger partial charge on any atom is -0.478 e. The van der Waals surface area contributed by atoms with Gasteiger partial charge < -0.3 is 30.6 Å². The third kappa shape index (κ3) is 4.96. The number of aromatic carboxylic acids is 2. The lowest BCUT2D eigenvalue weighted by Crippen LogP contribution is -2.12. The largest absolute Gasteiger partial charge is 0.631 e. The van der Waals surface area contributed by atoms with E-state index in [1.807, 2.05) is 0 Å². The summed E-state index contributed by atoms with van der Waals surface area (Å²) in [5.41, 5.74) is 0.616. The standard InChI is InChI=1S/C10H11NO4.BH3O3/c1-5-3-4-6(9(12)13)7(10(14)15)8(5)11-2;2-1(3)4/h3-4,11H,1-2H3,(H,12,13)(H,14,15);2-4H. The molecule has 0 radical (unpaired) electrons. The maximum absolute atomic E-state index is 11.0. The van der Waals surface area contributed by atoms with Gasteiger partial charge in [-0.3, -0.25) is 0 Å². The number of carboxylic acid groups (broad SMARTS) is 2. The van der Waals surface area contributed by atoms with Gasteiger partial charge in [-0.05, 0) is 18.6 Å². The Morgan fingerprint density at radius 3 is 1.89 bits per heavy atom. The van der Waals surface area contributed by atoms with Crippen molar-refractivity contribution in [3.8, 4) is 0 Å². The van der Waals surface area contributed by atoms with Gasteiger partial charge in [0.1, 0.15) is 0 Å². The van der Waals surface area contributed by atoms with Crippen molar-refractivity contribution in [1.29, 1.82) is 0 Å². The number of nitrogens with one attached hydrogen (secondary N) is 1. The zero-order chi connectivity index (χ0) is 15.2. The molecule has 8 nitrogen and oxygen atoms in total. The molecule has 1 aromatic carbocycles. The normalized spacial score (nSPS) is 9.11. The summed E-state index contributed by atoms with van der Waals surface area (Å²) in [5, 5.41) is 42.0. The number of carboxylic acids is 2. The quantitative estimate of drug-likeness (QED) is 0.398. The third-order valence-electron chi connectivity index (χ3n) is 2.11. The number of hydrogen-bond donors (Lipinski definition) is 6. The van der Waals surface area contributed by atoms with E-state index in [1.165, 1.54) is 6.07 Å². The number of benzene rings is 1. The van der Waals surface area contributed by atoms with Crippen LogP contribution in [0.1, 0.15) is 26.3 Å². The van der Waals surface area contributed by atoms with Crippen molar-refractivity contribution >= 4 is 24.9 Å². The second-order valence-corrected chi connectivity index (χ2v) is 3.39. The second-order valence-electron chi connectivity index (χ2n) is 3.39. The van der Waals surface area contributed by atoms with Crippen molar-refractivity contribution < 1.29 is 34.9 Å². The smallest absolute Gasteiger partial charge is 0.478 e. The summed E-state index contributed by atoms with van der Waals surface area (Å²) in [6, 6.07) is 2.86. The molecule has 0 aliphatic heterocycles. The maximum atomic E-state index is 11.0. The zero-order valence-corrected chi connectivity index (χ0v) is 10.3. The lowest BCUT2D eigenvalue weighted by Gasteiger charge is -2.11. The van der Waals surface area contributed by atoms with Crippen molar-refractivity contribution in [3.05, 3.63) is 28.8 Å². The van der Waals surface area contributed by atoms with Gasteiger partial charge in [0.15, 0.2) is 0 Å². The van der Waals surface area contributed by atoms with E-state index in [-0.39, 0.29) is 11.1 Å². The first-order valence-corrected chi connectivity index (χ1v) is 5.04. The minimum absolute atomic E-state index is 0.204. The third-order valence-corrected chi connectivity index (χ3v) is 2.11. The molecule has 0 fully saturated rings. The van der Waals surface area contributed by atoms with Crippen LogP contribution in [0.2, 0.25) is 0 Å². The van der Waals surface area contributed by atoms with Crippen LogP contribution in [0, 0.1) is 6.92 Å². The van der Waals surface area contributed by atoms with Crippen LogP contribution in [-0.4, -0.2) is 51.6 Å². The average Bonchev–Trinajstić information content (AvgIpc) is 2.26. The van der Waals surface area contributed by atoms with Crippen LogP contribution >= 0.6 is 0 Å². The van der Waals surface area contributed by atoms with Crippen LogP contribution in [0.4, 0.5) is 5.69 Å². The molecule has 9 heteroatoms. The van der Waals surface area contributed by atoms with Gasteiger partial charge in [-0.2, -0.15) is 0 Å². The molecule has 19 heavy (non-hydrogen) atoms. The fourth-order valence-electron chi connectivity index (χ4n) is 1.43. The van der Waals surface area contributed by atoms with Gasteiger partial charge in [0.05, 0.1) is 16.8 Å². The van der Waals surface area contributed by atoms with Crippen LogP contribution in [0.5, 0.6) is 0 Å². The Kier molecular flexibility index (Phi) is 6.55. The molecule has 6 N–H and O–H groups in total. The maximum Gasteiger partial charge on any atom is 0.631 e. The van der Waals surface area contributed by atoms with Crippen LogP contribution in [-0.2, 0) is 0 Å². The number of anilines is 1. The number of aryl methyl sites for hydroxylation is 1. The van der Waals surface area contributed by atoms with Crippen LogP contribution < -0.4 is 5.32 Å². The monoisotopic (exact) mass is 271 g/mol. The Morgan fingerprint density at radius 2 is 1.58 bits per heavy atom. The van der Waals surface area contributed by atoms with Crippen molar-refractivity contribution in [3.63, 3.8) is 0 Å². The molecule has 0 heterocycles. The Bertz CT molecular complexity index is 472. The molecule has 1 rings (SSSR count). The van der Waals surface area contributed by atoms with Crippen molar-refractivity contribution in [2.24, 2.45) is 0 Å². The highest BCUT2D eigenvalue weighted by Crippen LogP contribution is 2.24. The van der Waals surface area contributed by atoms with E-state index in [4.69, 9.17) is 25.3 Å². The molecule has 0 aliphatic rings. The highest BCUT2D eigenvalue weighted by atomic mass is 16.5. The first-order chi connectivity index (χ1) is 8.72. The number of hydrogen-bond acceptors (Lipinski definition) is 6. The van der Waals surface area contributed by atoms with Crippen molar-refractivity contribution in [2.45, 2.75) is 6.92 Å². The molecule has 0 aromatic heterocycles. The van der Waals surface area contributed by atoms with Gasteiger partial charge in [0.2, 0.25) is 0 Å². The predicted octanol–water partition coefficient (Wildman–Crippen LogP) is -0.619. The molecule has 104 valence electrons. The highest BCUT2D eigenvalue weighted by molar-refractivity contribution is 6.30. The van der Waals surface area contributed by atoms with E-state index in [0.29, 0.717) is 11.3 Å². The van der Waals surface area contributed by atoms with Crippen LogP contribution in [0.25, 0.3) is 0 Å². The van der Waals surface area contributed by atoms with E-state index >= 15 is 0 Å². The summed E-state index contributed by atoms with van der Waals surface area (Å²) < 4.78 is 0. The molecule has 0 aliphatic carbocycles. The molecule has 0 atom stereocenters. The molecule has 0 bridgehead atoms. The van der Waals surface area contributed by atoms with Gasteiger partial charge in [0, 0.05) is 7.05 Å². The SMILES string of the molecule is CNc1c(C)ccc(C(=O)O)c1C(=O)O.OB(O)O. The molecule has 0 saturated carbocycles. The van der Waals surface area contributed by atoms with E-state index in [0.717, 1.165) is 0 Å². The summed E-state index contributed by atoms with van der Waals surface area (Å²) in [6.07, 6.45) is 0. The minimum atomic E-state index is -2.17. The van der Waals surface area contributed by atoms with E-state index < -0.39 is 19.3 Å². The number of carbonyl (C=O) groups is 2. The molecule has 1 aromatic rings. The van der Waals surface area contributed by atoms with Gasteiger partial charge >= 0.3 is 19.3 Å². The molecule has 0 amide bonds. The van der Waals surface area contributed by atoms with Crippen LogP contribution in [0.3, 0.4) is 0 Å². The fourth-order valence-corrected chi connectivity index (χ4v) is 1.43. The zero-order valence-electron chi connectivity index (χ0n) is 10.3. The first kappa shape index (κ1) is 16.9. The summed E-state index contributed by atoms with van der Waals surface area (Å²) in [6.45, 7) is 1.71. The summed E-state index contributed by atoms with van der Waals surface area (Å²) in [4.78, 5) is 21.8. The summed E-state index contributed by atoms with van der Waals surface area (Å²) in [7, 11) is -0.611. The van der Waals surface area contributed by atoms with E-state index in [2.05, 4.69) is 5.32 Å². The Balaban J connectivity index is 0.000000711. The second kappa shape index (κ2) is 7.36.